The largest absolute Gasteiger partial charge is 0.311 e. The van der Waals surface area contributed by atoms with E-state index in [2.05, 4.69) is 25.6 Å². The van der Waals surface area contributed by atoms with Gasteiger partial charge in [-0.2, -0.15) is 0 Å². The summed E-state index contributed by atoms with van der Waals surface area (Å²) in [4.78, 5) is 36.9. The van der Waals surface area contributed by atoms with Crippen LogP contribution >= 0.6 is 11.8 Å². The highest BCUT2D eigenvalue weighted by atomic mass is 32.2. The zero-order valence-corrected chi connectivity index (χ0v) is 17.5. The van der Waals surface area contributed by atoms with Crippen molar-refractivity contribution >= 4 is 46.0 Å². The Hall–Kier alpha value is -3.78. The van der Waals surface area contributed by atoms with E-state index in [1.54, 1.807) is 36.8 Å². The average molecular weight is 430 g/mol. The Morgan fingerprint density at radius 2 is 1.68 bits per heavy atom. The first kappa shape index (κ1) is 20.5. The summed E-state index contributed by atoms with van der Waals surface area (Å²) in [5.41, 5.74) is 1.43. The number of benzene rings is 1. The van der Waals surface area contributed by atoms with Crippen molar-refractivity contribution in [3.05, 3.63) is 84.3 Å². The van der Waals surface area contributed by atoms with Gasteiger partial charge in [0.15, 0.2) is 0 Å². The number of rotatable bonds is 6. The molecular formula is C23H19N5O2S. The van der Waals surface area contributed by atoms with E-state index in [0.717, 1.165) is 16.3 Å². The van der Waals surface area contributed by atoms with E-state index >= 15 is 0 Å². The van der Waals surface area contributed by atoms with Crippen LogP contribution in [0.3, 0.4) is 0 Å². The number of fused-ring (bicyclic) bond motifs is 1. The molecule has 0 unspecified atom stereocenters. The van der Waals surface area contributed by atoms with Gasteiger partial charge in [0, 0.05) is 36.7 Å². The lowest BCUT2D eigenvalue weighted by Crippen LogP contribution is -2.14. The molecule has 0 bridgehead atoms. The standard InChI is InChI=1S/C23H19N5O2S/c1-15(29)27-20-11-16(8-10-24-20)14-31-23-19(7-4-9-25-23)22(30)28-21-12-17-5-2-3-6-18(17)13-26-21/h2-13H,14H2,1H3,(H,24,27,29)(H,26,28,30). The van der Waals surface area contributed by atoms with Crippen molar-refractivity contribution in [2.45, 2.75) is 17.7 Å². The molecule has 0 spiro atoms. The molecule has 3 aromatic heterocycles. The number of hydrogen-bond donors (Lipinski definition) is 2. The average Bonchev–Trinajstić information content (AvgIpc) is 2.77. The van der Waals surface area contributed by atoms with Crippen molar-refractivity contribution in [2.75, 3.05) is 10.6 Å². The summed E-state index contributed by atoms with van der Waals surface area (Å²) in [5.74, 6) is 1.10. The number of nitrogens with zero attached hydrogens (tertiary/aromatic N) is 3. The summed E-state index contributed by atoms with van der Waals surface area (Å²) >= 11 is 1.44. The summed E-state index contributed by atoms with van der Waals surface area (Å²) in [6.45, 7) is 1.44. The van der Waals surface area contributed by atoms with Crippen LogP contribution in [-0.4, -0.2) is 26.8 Å². The maximum Gasteiger partial charge on any atom is 0.259 e. The highest BCUT2D eigenvalue weighted by Gasteiger charge is 2.14. The smallest absolute Gasteiger partial charge is 0.259 e. The van der Waals surface area contributed by atoms with Crippen molar-refractivity contribution in [3.8, 4) is 0 Å². The van der Waals surface area contributed by atoms with Crippen molar-refractivity contribution < 1.29 is 9.59 Å². The van der Waals surface area contributed by atoms with Gasteiger partial charge in [0.05, 0.1) is 5.56 Å². The van der Waals surface area contributed by atoms with Gasteiger partial charge in [-0.3, -0.25) is 9.59 Å². The van der Waals surface area contributed by atoms with Gasteiger partial charge in [-0.1, -0.05) is 24.3 Å². The Kier molecular flexibility index (Phi) is 6.18. The second kappa shape index (κ2) is 9.36. The monoisotopic (exact) mass is 429 g/mol. The van der Waals surface area contributed by atoms with Gasteiger partial charge in [-0.15, -0.1) is 11.8 Å². The predicted octanol–water partition coefficient (Wildman–Crippen LogP) is 4.53. The Morgan fingerprint density at radius 3 is 2.52 bits per heavy atom. The number of anilines is 2. The van der Waals surface area contributed by atoms with Gasteiger partial charge >= 0.3 is 0 Å². The quantitative estimate of drug-likeness (QED) is 0.437. The summed E-state index contributed by atoms with van der Waals surface area (Å²) in [5, 5.41) is 8.15. The Balaban J connectivity index is 1.48. The van der Waals surface area contributed by atoms with E-state index in [9.17, 15) is 9.59 Å². The molecule has 0 saturated carbocycles. The first-order chi connectivity index (χ1) is 15.1. The molecule has 0 radical (unpaired) electrons. The number of nitrogens with one attached hydrogen (secondary N) is 2. The highest BCUT2D eigenvalue weighted by Crippen LogP contribution is 2.26. The van der Waals surface area contributed by atoms with Gasteiger partial charge in [0.25, 0.3) is 5.91 Å². The molecular weight excluding hydrogens is 410 g/mol. The van der Waals surface area contributed by atoms with Crippen LogP contribution in [-0.2, 0) is 10.5 Å². The fraction of sp³-hybridized carbons (Fsp3) is 0.0870. The van der Waals surface area contributed by atoms with Crippen LogP contribution in [0.1, 0.15) is 22.8 Å². The second-order valence-electron chi connectivity index (χ2n) is 6.75. The molecule has 0 aliphatic heterocycles. The highest BCUT2D eigenvalue weighted by molar-refractivity contribution is 7.98. The van der Waals surface area contributed by atoms with Gasteiger partial charge in [-0.25, -0.2) is 15.0 Å². The fourth-order valence-electron chi connectivity index (χ4n) is 2.98. The van der Waals surface area contributed by atoms with Crippen LogP contribution in [0.5, 0.6) is 0 Å². The van der Waals surface area contributed by atoms with Crippen molar-refractivity contribution in [1.29, 1.82) is 0 Å². The molecule has 1 aromatic carbocycles. The van der Waals surface area contributed by atoms with Crippen LogP contribution in [0.2, 0.25) is 0 Å². The lowest BCUT2D eigenvalue weighted by molar-refractivity contribution is -0.114. The lowest BCUT2D eigenvalue weighted by atomic mass is 10.2. The minimum Gasteiger partial charge on any atom is -0.311 e. The van der Waals surface area contributed by atoms with E-state index < -0.39 is 0 Å². The minimum absolute atomic E-state index is 0.178. The topological polar surface area (TPSA) is 96.9 Å². The molecule has 0 saturated heterocycles. The molecule has 7 nitrogen and oxygen atoms in total. The zero-order chi connectivity index (χ0) is 21.6. The second-order valence-corrected chi connectivity index (χ2v) is 7.71. The summed E-state index contributed by atoms with van der Waals surface area (Å²) in [6.07, 6.45) is 5.03. The van der Waals surface area contributed by atoms with Gasteiger partial charge < -0.3 is 10.6 Å². The van der Waals surface area contributed by atoms with Gasteiger partial charge in [-0.05, 0) is 41.3 Å². The van der Waals surface area contributed by atoms with Crippen LogP contribution < -0.4 is 10.6 Å². The van der Waals surface area contributed by atoms with Crippen molar-refractivity contribution in [2.24, 2.45) is 0 Å². The molecule has 0 atom stereocenters. The number of amides is 2. The number of carbonyl (C=O) groups is 2. The first-order valence-corrected chi connectivity index (χ1v) is 10.5. The first-order valence-electron chi connectivity index (χ1n) is 9.55. The summed E-state index contributed by atoms with van der Waals surface area (Å²) < 4.78 is 0. The molecule has 4 rings (SSSR count). The molecule has 4 aromatic rings. The molecule has 8 heteroatoms. The predicted molar refractivity (Wildman–Crippen MR) is 122 cm³/mol. The Labute approximate surface area is 183 Å². The van der Waals surface area contributed by atoms with Crippen molar-refractivity contribution in [3.63, 3.8) is 0 Å². The third-order valence-electron chi connectivity index (χ3n) is 4.39. The number of aromatic nitrogens is 3. The summed E-state index contributed by atoms with van der Waals surface area (Å²) in [7, 11) is 0. The maximum atomic E-state index is 12.9. The molecule has 0 fully saturated rings. The van der Waals surface area contributed by atoms with E-state index in [-0.39, 0.29) is 11.8 Å². The fourth-order valence-corrected chi connectivity index (χ4v) is 3.91. The van der Waals surface area contributed by atoms with Gasteiger partial charge in [0.1, 0.15) is 16.7 Å². The number of hydrogen-bond acceptors (Lipinski definition) is 6. The normalized spacial score (nSPS) is 10.6. The number of carbonyl (C=O) groups excluding carboxylic acids is 2. The van der Waals surface area contributed by atoms with Crippen LogP contribution in [0, 0.1) is 0 Å². The summed E-state index contributed by atoms with van der Waals surface area (Å²) in [6, 6.07) is 16.8. The van der Waals surface area contributed by atoms with E-state index in [1.165, 1.54) is 18.7 Å². The van der Waals surface area contributed by atoms with Crippen LogP contribution in [0.25, 0.3) is 10.8 Å². The molecule has 2 amide bonds. The molecule has 154 valence electrons. The van der Waals surface area contributed by atoms with Crippen LogP contribution in [0.15, 0.2) is 78.2 Å². The Morgan fingerprint density at radius 1 is 0.871 bits per heavy atom. The van der Waals surface area contributed by atoms with Gasteiger partial charge in [0.2, 0.25) is 5.91 Å². The van der Waals surface area contributed by atoms with Crippen LogP contribution in [0.4, 0.5) is 11.6 Å². The third kappa shape index (κ3) is 5.23. The Bertz CT molecular complexity index is 1260. The maximum absolute atomic E-state index is 12.9. The van der Waals surface area contributed by atoms with Crippen molar-refractivity contribution in [1.82, 2.24) is 15.0 Å². The molecule has 3 heterocycles. The molecule has 2 N–H and O–H groups in total. The zero-order valence-electron chi connectivity index (χ0n) is 16.7. The molecule has 0 aliphatic rings. The van der Waals surface area contributed by atoms with E-state index in [0.29, 0.717) is 28.0 Å². The molecule has 0 aliphatic carbocycles. The van der Waals surface area contributed by atoms with E-state index in [1.807, 2.05) is 36.4 Å². The van der Waals surface area contributed by atoms with E-state index in [4.69, 9.17) is 0 Å². The SMILES string of the molecule is CC(=O)Nc1cc(CSc2ncccc2C(=O)Nc2cc3ccccc3cn2)ccn1. The lowest BCUT2D eigenvalue weighted by Gasteiger charge is -2.10. The number of pyridine rings is 3. The number of thioether (sulfide) groups is 1. The third-order valence-corrected chi connectivity index (χ3v) is 5.47. The minimum atomic E-state index is -0.271. The molecule has 31 heavy (non-hydrogen) atoms.